The van der Waals surface area contributed by atoms with Crippen molar-refractivity contribution in [1.82, 2.24) is 0 Å². The second-order valence-electron chi connectivity index (χ2n) is 3.93. The lowest BCUT2D eigenvalue weighted by Crippen LogP contribution is -2.28. The minimum atomic E-state index is -0.537. The van der Waals surface area contributed by atoms with Crippen molar-refractivity contribution in [2.24, 2.45) is 5.73 Å². The van der Waals surface area contributed by atoms with E-state index < -0.39 is 6.10 Å². The van der Waals surface area contributed by atoms with Crippen molar-refractivity contribution in [3.63, 3.8) is 0 Å². The Morgan fingerprint density at radius 2 is 2.12 bits per heavy atom. The third-order valence-electron chi connectivity index (χ3n) is 2.45. The summed E-state index contributed by atoms with van der Waals surface area (Å²) in [6.45, 7) is 4.71. The molecule has 1 aromatic rings. The molecule has 0 amide bonds. The van der Waals surface area contributed by atoms with E-state index in [-0.39, 0.29) is 6.54 Å². The van der Waals surface area contributed by atoms with Gasteiger partial charge in [-0.3, -0.25) is 0 Å². The second-order valence-corrected chi connectivity index (χ2v) is 3.93. The van der Waals surface area contributed by atoms with Crippen molar-refractivity contribution in [2.75, 3.05) is 25.5 Å². The van der Waals surface area contributed by atoms with E-state index in [4.69, 9.17) is 10.5 Å². The summed E-state index contributed by atoms with van der Waals surface area (Å²) in [6, 6.07) is 4.03. The normalized spacial score (nSPS) is 12.3. The highest BCUT2D eigenvalue weighted by Gasteiger charge is 2.08. The predicted octanol–water partition coefficient (Wildman–Crippen LogP) is 1.04. The number of aliphatic hydroxyl groups is 1. The summed E-state index contributed by atoms with van der Waals surface area (Å²) in [4.78, 5) is 0. The molecule has 1 rings (SSSR count). The number of rotatable bonds is 5. The highest BCUT2D eigenvalue weighted by atomic mass is 16.5. The zero-order chi connectivity index (χ0) is 12.1. The third-order valence-corrected chi connectivity index (χ3v) is 2.45. The molecule has 4 N–H and O–H groups in total. The van der Waals surface area contributed by atoms with Crippen molar-refractivity contribution in [2.45, 2.75) is 20.0 Å². The topological polar surface area (TPSA) is 67.5 Å². The Kier molecular flexibility index (Phi) is 4.58. The molecule has 1 atom stereocenters. The van der Waals surface area contributed by atoms with Gasteiger partial charge in [-0.2, -0.15) is 0 Å². The summed E-state index contributed by atoms with van der Waals surface area (Å²) in [5.74, 6) is 0.793. The quantitative estimate of drug-likeness (QED) is 0.699. The zero-order valence-corrected chi connectivity index (χ0v) is 10.1. The summed E-state index contributed by atoms with van der Waals surface area (Å²) in [6.07, 6.45) is -0.537. The van der Waals surface area contributed by atoms with Crippen LogP contribution in [0, 0.1) is 13.8 Å². The molecule has 1 unspecified atom stereocenters. The van der Waals surface area contributed by atoms with E-state index in [9.17, 15) is 5.11 Å². The molecule has 0 fully saturated rings. The van der Waals surface area contributed by atoms with E-state index >= 15 is 0 Å². The zero-order valence-electron chi connectivity index (χ0n) is 10.1. The number of methoxy groups -OCH3 is 1. The van der Waals surface area contributed by atoms with Crippen LogP contribution in [0.15, 0.2) is 12.1 Å². The largest absolute Gasteiger partial charge is 0.495 e. The molecule has 0 aromatic heterocycles. The summed E-state index contributed by atoms with van der Waals surface area (Å²) < 4.78 is 5.30. The van der Waals surface area contributed by atoms with Gasteiger partial charge in [0.15, 0.2) is 0 Å². The number of benzene rings is 1. The van der Waals surface area contributed by atoms with Crippen molar-refractivity contribution < 1.29 is 9.84 Å². The van der Waals surface area contributed by atoms with Crippen LogP contribution in [-0.2, 0) is 0 Å². The van der Waals surface area contributed by atoms with Gasteiger partial charge in [-0.05, 0) is 31.0 Å². The van der Waals surface area contributed by atoms with Crippen LogP contribution in [0.1, 0.15) is 11.1 Å². The molecule has 0 heterocycles. The van der Waals surface area contributed by atoms with Crippen LogP contribution in [0.5, 0.6) is 5.75 Å². The Balaban J connectivity index is 2.85. The Morgan fingerprint density at radius 1 is 1.44 bits per heavy atom. The highest BCUT2D eigenvalue weighted by Crippen LogP contribution is 2.29. The minimum Gasteiger partial charge on any atom is -0.495 e. The average Bonchev–Trinajstić information content (AvgIpc) is 2.26. The summed E-state index contributed by atoms with van der Waals surface area (Å²) in [5, 5.41) is 12.6. The van der Waals surface area contributed by atoms with Crippen molar-refractivity contribution in [1.29, 1.82) is 0 Å². The smallest absolute Gasteiger partial charge is 0.142 e. The van der Waals surface area contributed by atoms with Crippen molar-refractivity contribution in [3.8, 4) is 5.75 Å². The molecule has 16 heavy (non-hydrogen) atoms. The highest BCUT2D eigenvalue weighted by molar-refractivity contribution is 5.63. The van der Waals surface area contributed by atoms with Gasteiger partial charge < -0.3 is 20.9 Å². The first-order valence-corrected chi connectivity index (χ1v) is 5.35. The number of aliphatic hydroxyl groups excluding tert-OH is 1. The minimum absolute atomic E-state index is 0.250. The van der Waals surface area contributed by atoms with E-state index in [0.29, 0.717) is 6.54 Å². The summed E-state index contributed by atoms with van der Waals surface area (Å²) in [7, 11) is 1.64. The maximum atomic E-state index is 9.40. The van der Waals surface area contributed by atoms with Crippen molar-refractivity contribution >= 4 is 5.69 Å². The van der Waals surface area contributed by atoms with Crippen LogP contribution >= 0.6 is 0 Å². The predicted molar refractivity (Wildman–Crippen MR) is 66.0 cm³/mol. The number of aryl methyl sites for hydroxylation is 2. The van der Waals surface area contributed by atoms with E-state index in [1.54, 1.807) is 7.11 Å². The van der Waals surface area contributed by atoms with E-state index in [1.807, 2.05) is 19.9 Å². The summed E-state index contributed by atoms with van der Waals surface area (Å²) in [5.41, 5.74) is 8.52. The Morgan fingerprint density at radius 3 is 2.69 bits per heavy atom. The molecule has 0 aliphatic carbocycles. The van der Waals surface area contributed by atoms with Gasteiger partial charge in [-0.1, -0.05) is 6.07 Å². The maximum Gasteiger partial charge on any atom is 0.142 e. The van der Waals surface area contributed by atoms with Gasteiger partial charge in [0.1, 0.15) is 5.75 Å². The van der Waals surface area contributed by atoms with E-state index in [1.165, 1.54) is 0 Å². The molecule has 0 aliphatic heterocycles. The van der Waals surface area contributed by atoms with Crippen LogP contribution in [0.2, 0.25) is 0 Å². The first-order chi connectivity index (χ1) is 7.58. The molecule has 0 saturated carbocycles. The average molecular weight is 224 g/mol. The van der Waals surface area contributed by atoms with E-state index in [2.05, 4.69) is 11.4 Å². The fourth-order valence-electron chi connectivity index (χ4n) is 1.62. The molecule has 0 saturated heterocycles. The molecular weight excluding hydrogens is 204 g/mol. The lowest BCUT2D eigenvalue weighted by molar-refractivity contribution is 0.196. The molecule has 1 aromatic carbocycles. The van der Waals surface area contributed by atoms with E-state index in [0.717, 1.165) is 22.6 Å². The maximum absolute atomic E-state index is 9.40. The standard InChI is InChI=1S/C12H20N2O2/c1-8-4-9(2)12(11(5-8)16-3)14-7-10(15)6-13/h4-5,10,14-15H,6-7,13H2,1-3H3. The number of nitrogens with one attached hydrogen (secondary N) is 1. The molecule has 0 spiro atoms. The first-order valence-electron chi connectivity index (χ1n) is 5.35. The second kappa shape index (κ2) is 5.72. The molecular formula is C12H20N2O2. The molecule has 4 heteroatoms. The van der Waals surface area contributed by atoms with Crippen LogP contribution in [-0.4, -0.2) is 31.4 Å². The lowest BCUT2D eigenvalue weighted by Gasteiger charge is -2.16. The van der Waals surface area contributed by atoms with Gasteiger partial charge >= 0.3 is 0 Å². The SMILES string of the molecule is COc1cc(C)cc(C)c1NCC(O)CN. The molecule has 0 bridgehead atoms. The Bertz CT molecular complexity index is 353. The first kappa shape index (κ1) is 12.8. The fourth-order valence-corrected chi connectivity index (χ4v) is 1.62. The molecule has 0 aliphatic rings. The van der Waals surface area contributed by atoms with Gasteiger partial charge in [0.2, 0.25) is 0 Å². The number of hydrogen-bond acceptors (Lipinski definition) is 4. The molecule has 4 nitrogen and oxygen atoms in total. The molecule has 90 valence electrons. The van der Waals surface area contributed by atoms with Gasteiger partial charge in [0.05, 0.1) is 18.9 Å². The monoisotopic (exact) mass is 224 g/mol. The number of nitrogens with two attached hydrogens (primary N) is 1. The lowest BCUT2D eigenvalue weighted by atomic mass is 10.1. The van der Waals surface area contributed by atoms with Gasteiger partial charge in [-0.25, -0.2) is 0 Å². The third kappa shape index (κ3) is 3.12. The van der Waals surface area contributed by atoms with Crippen LogP contribution in [0.3, 0.4) is 0 Å². The molecule has 0 radical (unpaired) electrons. The number of ether oxygens (including phenoxy) is 1. The van der Waals surface area contributed by atoms with Crippen LogP contribution < -0.4 is 15.8 Å². The Hall–Kier alpha value is -1.26. The summed E-state index contributed by atoms with van der Waals surface area (Å²) >= 11 is 0. The van der Waals surface area contributed by atoms with Crippen LogP contribution in [0.4, 0.5) is 5.69 Å². The number of anilines is 1. The van der Waals surface area contributed by atoms with Gasteiger partial charge in [0, 0.05) is 13.1 Å². The number of hydrogen-bond donors (Lipinski definition) is 3. The van der Waals surface area contributed by atoms with Crippen LogP contribution in [0.25, 0.3) is 0 Å². The van der Waals surface area contributed by atoms with Crippen molar-refractivity contribution in [3.05, 3.63) is 23.3 Å². The fraction of sp³-hybridized carbons (Fsp3) is 0.500. The van der Waals surface area contributed by atoms with Gasteiger partial charge in [0.25, 0.3) is 0 Å². The van der Waals surface area contributed by atoms with Gasteiger partial charge in [-0.15, -0.1) is 0 Å². The Labute approximate surface area is 96.4 Å².